The lowest BCUT2D eigenvalue weighted by molar-refractivity contribution is -0.116. The lowest BCUT2D eigenvalue weighted by atomic mass is 10.3. The van der Waals surface area contributed by atoms with Crippen LogP contribution in [0.25, 0.3) is 0 Å². The first-order chi connectivity index (χ1) is 9.04. The topological polar surface area (TPSA) is 64.0 Å². The molecule has 1 aromatic carbocycles. The van der Waals surface area contributed by atoms with Crippen molar-refractivity contribution >= 4 is 34.8 Å². The van der Waals surface area contributed by atoms with Crippen molar-refractivity contribution in [2.75, 3.05) is 5.32 Å². The van der Waals surface area contributed by atoms with Gasteiger partial charge in [0.15, 0.2) is 0 Å². The van der Waals surface area contributed by atoms with Gasteiger partial charge in [-0.05, 0) is 18.2 Å². The number of carbonyl (C=O) groups is 1. The maximum Gasteiger partial charge on any atom is 0.253 e. The number of halogens is 2. The van der Waals surface area contributed by atoms with Gasteiger partial charge < -0.3 is 5.32 Å². The maximum atomic E-state index is 11.8. The molecule has 1 amide bonds. The normalized spacial score (nSPS) is 10.2. The first kappa shape index (κ1) is 13.6. The van der Waals surface area contributed by atoms with Gasteiger partial charge in [-0.15, -0.1) is 0 Å². The second-order valence-corrected chi connectivity index (χ2v) is 4.63. The number of hydrogen-bond donors (Lipinski definition) is 1. The summed E-state index contributed by atoms with van der Waals surface area (Å²) in [6.07, 6.45) is 2.67. The molecule has 1 heterocycles. The van der Waals surface area contributed by atoms with E-state index < -0.39 is 0 Å². The molecule has 0 aliphatic carbocycles. The minimum absolute atomic E-state index is 0.128. The Hall–Kier alpha value is -1.85. The van der Waals surface area contributed by atoms with E-state index in [2.05, 4.69) is 10.3 Å². The highest BCUT2D eigenvalue weighted by Crippen LogP contribution is 2.22. The fraction of sp³-hybridized carbons (Fsp3) is 0.0833. The van der Waals surface area contributed by atoms with E-state index in [1.54, 1.807) is 18.2 Å². The zero-order valence-electron chi connectivity index (χ0n) is 9.64. The number of amides is 1. The van der Waals surface area contributed by atoms with Crippen molar-refractivity contribution in [2.24, 2.45) is 0 Å². The fourth-order valence-electron chi connectivity index (χ4n) is 1.48. The van der Waals surface area contributed by atoms with Crippen molar-refractivity contribution in [3.05, 3.63) is 57.2 Å². The van der Waals surface area contributed by atoms with Gasteiger partial charge in [0.1, 0.15) is 6.54 Å². The summed E-state index contributed by atoms with van der Waals surface area (Å²) in [5.41, 5.74) is 0.175. The Morgan fingerprint density at radius 3 is 2.58 bits per heavy atom. The highest BCUT2D eigenvalue weighted by Gasteiger charge is 2.06. The van der Waals surface area contributed by atoms with Gasteiger partial charge in [0, 0.05) is 28.0 Å². The van der Waals surface area contributed by atoms with Crippen LogP contribution < -0.4 is 10.9 Å². The summed E-state index contributed by atoms with van der Waals surface area (Å²) >= 11 is 11.6. The zero-order valence-corrected chi connectivity index (χ0v) is 11.1. The average molecular weight is 298 g/mol. The van der Waals surface area contributed by atoms with E-state index in [9.17, 15) is 9.59 Å². The Balaban J connectivity index is 2.10. The molecule has 0 saturated carbocycles. The fourth-order valence-corrected chi connectivity index (χ4v) is 2.00. The summed E-state index contributed by atoms with van der Waals surface area (Å²) in [6.45, 7) is -0.128. The molecule has 2 rings (SSSR count). The SMILES string of the molecule is O=C(Cn1cnccc1=O)Nc1cc(Cl)cc(Cl)c1. The molecule has 98 valence electrons. The molecule has 19 heavy (non-hydrogen) atoms. The summed E-state index contributed by atoms with van der Waals surface area (Å²) in [7, 11) is 0. The standard InChI is InChI=1S/C12H9Cl2N3O2/c13-8-3-9(14)5-10(4-8)16-11(18)6-17-7-15-2-1-12(17)19/h1-5,7H,6H2,(H,16,18). The first-order valence-electron chi connectivity index (χ1n) is 5.31. The van der Waals surface area contributed by atoms with E-state index in [1.807, 2.05) is 0 Å². The van der Waals surface area contributed by atoms with E-state index in [1.165, 1.54) is 23.2 Å². The lowest BCUT2D eigenvalue weighted by Gasteiger charge is -2.07. The van der Waals surface area contributed by atoms with Crippen LogP contribution >= 0.6 is 23.2 Å². The van der Waals surface area contributed by atoms with E-state index in [0.717, 1.165) is 0 Å². The van der Waals surface area contributed by atoms with Crippen molar-refractivity contribution in [3.8, 4) is 0 Å². The van der Waals surface area contributed by atoms with Crippen LogP contribution in [0.4, 0.5) is 5.69 Å². The maximum absolute atomic E-state index is 11.8. The van der Waals surface area contributed by atoms with Crippen molar-refractivity contribution in [2.45, 2.75) is 6.54 Å². The molecule has 0 fully saturated rings. The molecule has 0 atom stereocenters. The van der Waals surface area contributed by atoms with Crippen LogP contribution in [0.3, 0.4) is 0 Å². The molecule has 7 heteroatoms. The quantitative estimate of drug-likeness (QED) is 0.944. The Morgan fingerprint density at radius 2 is 1.95 bits per heavy atom. The van der Waals surface area contributed by atoms with Crippen LogP contribution in [-0.2, 0) is 11.3 Å². The van der Waals surface area contributed by atoms with Crippen LogP contribution in [0.5, 0.6) is 0 Å². The number of benzene rings is 1. The van der Waals surface area contributed by atoms with Crippen molar-refractivity contribution in [1.82, 2.24) is 9.55 Å². The lowest BCUT2D eigenvalue weighted by Crippen LogP contribution is -2.26. The van der Waals surface area contributed by atoms with Crippen LogP contribution in [0, 0.1) is 0 Å². The number of aromatic nitrogens is 2. The molecule has 0 aliphatic rings. The summed E-state index contributed by atoms with van der Waals surface area (Å²) in [5.74, 6) is -0.367. The molecule has 1 aromatic heterocycles. The summed E-state index contributed by atoms with van der Waals surface area (Å²) in [4.78, 5) is 27.0. The molecule has 0 aliphatic heterocycles. The van der Waals surface area contributed by atoms with Crippen LogP contribution in [0.2, 0.25) is 10.0 Å². The smallest absolute Gasteiger partial charge is 0.253 e. The van der Waals surface area contributed by atoms with Gasteiger partial charge in [0.05, 0.1) is 6.33 Å². The third-order valence-electron chi connectivity index (χ3n) is 2.25. The Morgan fingerprint density at radius 1 is 1.26 bits per heavy atom. The number of hydrogen-bond acceptors (Lipinski definition) is 3. The highest BCUT2D eigenvalue weighted by molar-refractivity contribution is 6.35. The second-order valence-electron chi connectivity index (χ2n) is 3.75. The largest absolute Gasteiger partial charge is 0.324 e. The molecule has 1 N–H and O–H groups in total. The summed E-state index contributed by atoms with van der Waals surface area (Å²) in [6, 6.07) is 5.97. The third-order valence-corrected chi connectivity index (χ3v) is 2.69. The Bertz CT molecular complexity index is 650. The number of rotatable bonds is 3. The van der Waals surface area contributed by atoms with Gasteiger partial charge in [-0.3, -0.25) is 14.2 Å². The number of anilines is 1. The van der Waals surface area contributed by atoms with Gasteiger partial charge in [-0.2, -0.15) is 0 Å². The third kappa shape index (κ3) is 3.81. The van der Waals surface area contributed by atoms with E-state index in [0.29, 0.717) is 15.7 Å². The predicted octanol–water partition coefficient (Wildman–Crippen LogP) is 2.19. The second kappa shape index (κ2) is 5.86. The van der Waals surface area contributed by atoms with Crippen molar-refractivity contribution in [3.63, 3.8) is 0 Å². The molecule has 0 radical (unpaired) electrons. The van der Waals surface area contributed by atoms with E-state index >= 15 is 0 Å². The summed E-state index contributed by atoms with van der Waals surface area (Å²) in [5, 5.41) is 3.44. The van der Waals surface area contributed by atoms with Gasteiger partial charge in [0.2, 0.25) is 5.91 Å². The minimum Gasteiger partial charge on any atom is -0.324 e. The first-order valence-corrected chi connectivity index (χ1v) is 6.06. The zero-order chi connectivity index (χ0) is 13.8. The molecule has 0 unspecified atom stereocenters. The van der Waals surface area contributed by atoms with E-state index in [4.69, 9.17) is 23.2 Å². The molecule has 5 nitrogen and oxygen atoms in total. The van der Waals surface area contributed by atoms with Gasteiger partial charge in [0.25, 0.3) is 5.56 Å². The van der Waals surface area contributed by atoms with Crippen LogP contribution in [0.1, 0.15) is 0 Å². The van der Waals surface area contributed by atoms with E-state index in [-0.39, 0.29) is 18.0 Å². The Kier molecular flexibility index (Phi) is 4.19. The van der Waals surface area contributed by atoms with Crippen LogP contribution in [0.15, 0.2) is 41.6 Å². The predicted molar refractivity (Wildman–Crippen MR) is 73.6 cm³/mol. The molecule has 0 saturated heterocycles. The summed E-state index contributed by atoms with van der Waals surface area (Å²) < 4.78 is 1.20. The van der Waals surface area contributed by atoms with Gasteiger partial charge >= 0.3 is 0 Å². The van der Waals surface area contributed by atoms with Gasteiger partial charge in [-0.25, -0.2) is 4.98 Å². The molecule has 2 aromatic rings. The van der Waals surface area contributed by atoms with Crippen molar-refractivity contribution < 1.29 is 4.79 Å². The Labute approximate surface area is 118 Å². The van der Waals surface area contributed by atoms with Crippen LogP contribution in [-0.4, -0.2) is 15.5 Å². The molecular formula is C12H9Cl2N3O2. The highest BCUT2D eigenvalue weighted by atomic mass is 35.5. The molecule has 0 spiro atoms. The number of nitrogens with zero attached hydrogens (tertiary/aromatic N) is 2. The molecule has 0 bridgehead atoms. The average Bonchev–Trinajstić information content (AvgIpc) is 2.30. The van der Waals surface area contributed by atoms with Crippen molar-refractivity contribution in [1.29, 1.82) is 0 Å². The minimum atomic E-state index is -0.367. The number of nitrogens with one attached hydrogen (secondary N) is 1. The molecular weight excluding hydrogens is 289 g/mol. The van der Waals surface area contributed by atoms with Gasteiger partial charge in [-0.1, -0.05) is 23.2 Å². The monoisotopic (exact) mass is 297 g/mol. The number of carbonyl (C=O) groups excluding carboxylic acids is 1.